The fourth-order valence-corrected chi connectivity index (χ4v) is 1.84. The standard InChI is InChI=1S/C16H15NO/c1-12(14-8-4-3-5-9-14)15-10-6-7-11-16(15)17-13(2)18/h3-11H,1H2,2H3,(H,17,18). The van der Waals surface area contributed by atoms with Crippen LogP contribution in [0.2, 0.25) is 0 Å². The maximum atomic E-state index is 11.2. The van der Waals surface area contributed by atoms with Crippen LogP contribution in [0.3, 0.4) is 0 Å². The molecule has 0 aliphatic rings. The zero-order chi connectivity index (χ0) is 13.0. The minimum absolute atomic E-state index is 0.0803. The van der Waals surface area contributed by atoms with E-state index < -0.39 is 0 Å². The van der Waals surface area contributed by atoms with Crippen molar-refractivity contribution < 1.29 is 4.79 Å². The molecule has 0 saturated heterocycles. The molecule has 0 saturated carbocycles. The Balaban J connectivity index is 2.39. The molecule has 0 aliphatic carbocycles. The van der Waals surface area contributed by atoms with Gasteiger partial charge < -0.3 is 5.32 Å². The molecule has 0 fully saturated rings. The number of para-hydroxylation sites is 1. The highest BCUT2D eigenvalue weighted by Crippen LogP contribution is 2.27. The second kappa shape index (κ2) is 5.32. The highest BCUT2D eigenvalue weighted by Gasteiger charge is 2.07. The van der Waals surface area contributed by atoms with E-state index in [4.69, 9.17) is 0 Å². The van der Waals surface area contributed by atoms with Gasteiger partial charge >= 0.3 is 0 Å². The van der Waals surface area contributed by atoms with E-state index in [-0.39, 0.29) is 5.91 Å². The topological polar surface area (TPSA) is 29.1 Å². The van der Waals surface area contributed by atoms with Crippen LogP contribution < -0.4 is 5.32 Å². The summed E-state index contributed by atoms with van der Waals surface area (Å²) in [6.07, 6.45) is 0. The molecule has 2 nitrogen and oxygen atoms in total. The van der Waals surface area contributed by atoms with Crippen molar-refractivity contribution >= 4 is 17.2 Å². The van der Waals surface area contributed by atoms with Crippen LogP contribution in [-0.2, 0) is 4.79 Å². The lowest BCUT2D eigenvalue weighted by atomic mass is 9.98. The molecule has 0 bridgehead atoms. The largest absolute Gasteiger partial charge is 0.326 e. The molecule has 0 spiro atoms. The molecular weight excluding hydrogens is 222 g/mol. The Morgan fingerprint density at radius 2 is 1.61 bits per heavy atom. The van der Waals surface area contributed by atoms with Crippen molar-refractivity contribution in [2.75, 3.05) is 5.32 Å². The van der Waals surface area contributed by atoms with Crippen LogP contribution in [0.15, 0.2) is 61.2 Å². The maximum Gasteiger partial charge on any atom is 0.221 e. The van der Waals surface area contributed by atoms with Crippen molar-refractivity contribution in [3.63, 3.8) is 0 Å². The Kier molecular flexibility index (Phi) is 3.58. The molecule has 1 amide bonds. The second-order valence-electron chi connectivity index (χ2n) is 4.07. The summed E-state index contributed by atoms with van der Waals surface area (Å²) in [5, 5.41) is 2.82. The van der Waals surface area contributed by atoms with Crippen LogP contribution in [-0.4, -0.2) is 5.91 Å². The Bertz CT molecular complexity index is 573. The Hall–Kier alpha value is -2.35. The molecule has 0 heterocycles. The molecule has 0 unspecified atom stereocenters. The third kappa shape index (κ3) is 2.66. The number of carbonyl (C=O) groups is 1. The number of nitrogens with one attached hydrogen (secondary N) is 1. The first kappa shape index (κ1) is 12.1. The maximum absolute atomic E-state index is 11.2. The van der Waals surface area contributed by atoms with Crippen molar-refractivity contribution in [1.82, 2.24) is 0 Å². The van der Waals surface area contributed by atoms with E-state index in [9.17, 15) is 4.79 Å². The van der Waals surface area contributed by atoms with Gasteiger partial charge in [0.15, 0.2) is 0 Å². The van der Waals surface area contributed by atoms with Crippen molar-refractivity contribution in [3.05, 3.63) is 72.3 Å². The quantitative estimate of drug-likeness (QED) is 0.866. The minimum Gasteiger partial charge on any atom is -0.326 e. The summed E-state index contributed by atoms with van der Waals surface area (Å²) in [5.41, 5.74) is 3.69. The first-order chi connectivity index (χ1) is 8.68. The van der Waals surface area contributed by atoms with E-state index in [1.807, 2.05) is 54.6 Å². The molecule has 0 atom stereocenters. The highest BCUT2D eigenvalue weighted by atomic mass is 16.1. The smallest absolute Gasteiger partial charge is 0.221 e. The average molecular weight is 237 g/mol. The van der Waals surface area contributed by atoms with E-state index >= 15 is 0 Å². The van der Waals surface area contributed by atoms with Crippen molar-refractivity contribution in [2.24, 2.45) is 0 Å². The van der Waals surface area contributed by atoms with Gasteiger partial charge in [0.05, 0.1) is 0 Å². The Morgan fingerprint density at radius 1 is 1.00 bits per heavy atom. The summed E-state index contributed by atoms with van der Waals surface area (Å²) in [4.78, 5) is 11.2. The number of carbonyl (C=O) groups excluding carboxylic acids is 1. The van der Waals surface area contributed by atoms with Gasteiger partial charge in [-0.2, -0.15) is 0 Å². The number of anilines is 1. The summed E-state index contributed by atoms with van der Waals surface area (Å²) in [7, 11) is 0. The molecule has 0 aliphatic heterocycles. The molecule has 1 N–H and O–H groups in total. The molecular formula is C16H15NO. The molecule has 0 aromatic heterocycles. The predicted molar refractivity (Wildman–Crippen MR) is 75.3 cm³/mol. The van der Waals surface area contributed by atoms with Gasteiger partial charge in [-0.05, 0) is 17.2 Å². The van der Waals surface area contributed by atoms with Crippen LogP contribution in [0.1, 0.15) is 18.1 Å². The van der Waals surface area contributed by atoms with Crippen molar-refractivity contribution in [3.8, 4) is 0 Å². The van der Waals surface area contributed by atoms with Gasteiger partial charge in [-0.25, -0.2) is 0 Å². The summed E-state index contributed by atoms with van der Waals surface area (Å²) in [6.45, 7) is 5.61. The SMILES string of the molecule is C=C(c1ccccc1)c1ccccc1NC(C)=O. The van der Waals surface area contributed by atoms with Crippen LogP contribution >= 0.6 is 0 Å². The van der Waals surface area contributed by atoms with Gasteiger partial charge in [0, 0.05) is 18.2 Å². The lowest BCUT2D eigenvalue weighted by Crippen LogP contribution is -2.07. The third-order valence-electron chi connectivity index (χ3n) is 2.69. The van der Waals surface area contributed by atoms with Crippen LogP contribution in [0.4, 0.5) is 5.69 Å². The van der Waals surface area contributed by atoms with E-state index in [1.54, 1.807) is 0 Å². The summed E-state index contributed by atoms with van der Waals surface area (Å²) in [5.74, 6) is -0.0803. The normalized spacial score (nSPS) is 9.83. The molecule has 2 aromatic carbocycles. The lowest BCUT2D eigenvalue weighted by molar-refractivity contribution is -0.114. The molecule has 2 aromatic rings. The highest BCUT2D eigenvalue weighted by molar-refractivity contribution is 5.94. The van der Waals surface area contributed by atoms with Gasteiger partial charge in [0.25, 0.3) is 0 Å². The first-order valence-electron chi connectivity index (χ1n) is 5.80. The zero-order valence-electron chi connectivity index (χ0n) is 10.3. The van der Waals surface area contributed by atoms with Crippen molar-refractivity contribution in [1.29, 1.82) is 0 Å². The van der Waals surface area contributed by atoms with E-state index in [2.05, 4.69) is 11.9 Å². The third-order valence-corrected chi connectivity index (χ3v) is 2.69. The summed E-state index contributed by atoms with van der Waals surface area (Å²) in [6, 6.07) is 17.6. The molecule has 90 valence electrons. The van der Waals surface area contributed by atoms with E-state index in [1.165, 1.54) is 6.92 Å². The van der Waals surface area contributed by atoms with Crippen molar-refractivity contribution in [2.45, 2.75) is 6.92 Å². The van der Waals surface area contributed by atoms with Crippen LogP contribution in [0, 0.1) is 0 Å². The number of benzene rings is 2. The van der Waals surface area contributed by atoms with Gasteiger partial charge in [-0.15, -0.1) is 0 Å². The zero-order valence-corrected chi connectivity index (χ0v) is 10.3. The Labute approximate surface area is 107 Å². The summed E-state index contributed by atoms with van der Waals surface area (Å²) < 4.78 is 0. The van der Waals surface area contributed by atoms with Gasteiger partial charge in [-0.3, -0.25) is 4.79 Å². The molecule has 2 rings (SSSR count). The number of hydrogen-bond donors (Lipinski definition) is 1. The fourth-order valence-electron chi connectivity index (χ4n) is 1.84. The van der Waals surface area contributed by atoms with E-state index in [0.29, 0.717) is 0 Å². The van der Waals surface area contributed by atoms with Gasteiger partial charge in [0.2, 0.25) is 5.91 Å². The minimum atomic E-state index is -0.0803. The first-order valence-corrected chi connectivity index (χ1v) is 5.80. The van der Waals surface area contributed by atoms with Crippen LogP contribution in [0.5, 0.6) is 0 Å². The monoisotopic (exact) mass is 237 g/mol. The molecule has 2 heteroatoms. The lowest BCUT2D eigenvalue weighted by Gasteiger charge is -2.12. The van der Waals surface area contributed by atoms with E-state index in [0.717, 1.165) is 22.4 Å². The summed E-state index contributed by atoms with van der Waals surface area (Å²) >= 11 is 0. The molecule has 18 heavy (non-hydrogen) atoms. The van der Waals surface area contributed by atoms with Crippen LogP contribution in [0.25, 0.3) is 5.57 Å². The Morgan fingerprint density at radius 3 is 2.28 bits per heavy atom. The second-order valence-corrected chi connectivity index (χ2v) is 4.07. The number of amides is 1. The van der Waals surface area contributed by atoms with Gasteiger partial charge in [-0.1, -0.05) is 55.1 Å². The average Bonchev–Trinajstić information content (AvgIpc) is 2.39. The number of rotatable bonds is 3. The predicted octanol–water partition coefficient (Wildman–Crippen LogP) is 3.71. The number of hydrogen-bond acceptors (Lipinski definition) is 1. The fraction of sp³-hybridized carbons (Fsp3) is 0.0625. The molecule has 0 radical (unpaired) electrons. The van der Waals surface area contributed by atoms with Gasteiger partial charge in [0.1, 0.15) is 0 Å².